The lowest BCUT2D eigenvalue weighted by molar-refractivity contribution is -0.142. The number of nitrogens with two attached hydrogens (primary N) is 1. The highest BCUT2D eigenvalue weighted by atomic mass is 32.2. The highest BCUT2D eigenvalue weighted by Crippen LogP contribution is 2.16. The minimum absolute atomic E-state index is 0.113. The third-order valence-corrected chi connectivity index (χ3v) is 5.49. The van der Waals surface area contributed by atoms with Crippen LogP contribution in [0.25, 0.3) is 0 Å². The maximum absolute atomic E-state index is 12.9. The van der Waals surface area contributed by atoms with Crippen LogP contribution in [0.5, 0.6) is 0 Å². The lowest BCUT2D eigenvalue weighted by Crippen LogP contribution is -2.51. The van der Waals surface area contributed by atoms with Crippen LogP contribution >= 0.6 is 11.8 Å². The standard InChI is InChI=1S/C22H25N3O7S/c23-16(20(27)28)11-32-22(31)24-17(13-33-12-14-7-3-1-4-8-14)19(26)25-18(21(29)30)15-9-5-2-6-10-15/h1-10,16-18H,11-13,23H2,(H,24,31)(H,25,26)(H,27,28)(H,29,30)/t16-,17-,18+/m0/s1. The number of hydrogen-bond donors (Lipinski definition) is 5. The molecule has 0 bridgehead atoms. The van der Waals surface area contributed by atoms with E-state index in [0.717, 1.165) is 5.56 Å². The van der Waals surface area contributed by atoms with Crippen LogP contribution in [0.3, 0.4) is 0 Å². The van der Waals surface area contributed by atoms with Crippen LogP contribution in [0.4, 0.5) is 4.79 Å². The molecule has 0 unspecified atom stereocenters. The third kappa shape index (κ3) is 8.83. The molecule has 2 aromatic carbocycles. The molecule has 176 valence electrons. The molecule has 2 rings (SSSR count). The van der Waals surface area contributed by atoms with Crippen molar-refractivity contribution < 1.29 is 34.1 Å². The number of carboxylic acid groups (broad SMARTS) is 2. The first-order chi connectivity index (χ1) is 15.8. The SMILES string of the molecule is N[C@@H](COC(=O)N[C@@H](CSCc1ccccc1)C(=O)N[C@@H](C(=O)O)c1ccccc1)C(=O)O. The summed E-state index contributed by atoms with van der Waals surface area (Å²) in [6.45, 7) is -0.589. The number of nitrogens with one attached hydrogen (secondary N) is 2. The van der Waals surface area contributed by atoms with E-state index in [4.69, 9.17) is 15.6 Å². The Morgan fingerprint density at radius 3 is 2.09 bits per heavy atom. The van der Waals surface area contributed by atoms with E-state index in [-0.39, 0.29) is 5.75 Å². The van der Waals surface area contributed by atoms with E-state index >= 15 is 0 Å². The number of carbonyl (C=O) groups excluding carboxylic acids is 2. The fourth-order valence-electron chi connectivity index (χ4n) is 2.65. The molecular weight excluding hydrogens is 450 g/mol. The normalized spacial score (nSPS) is 13.2. The van der Waals surface area contributed by atoms with Crippen molar-refractivity contribution in [1.29, 1.82) is 0 Å². The molecule has 0 fully saturated rings. The van der Waals surface area contributed by atoms with Gasteiger partial charge in [-0.15, -0.1) is 0 Å². The third-order valence-electron chi connectivity index (χ3n) is 4.38. The second kappa shape index (κ2) is 13.1. The number of thioether (sulfide) groups is 1. The van der Waals surface area contributed by atoms with Gasteiger partial charge in [-0.2, -0.15) is 11.8 Å². The minimum Gasteiger partial charge on any atom is -0.480 e. The van der Waals surface area contributed by atoms with E-state index < -0.39 is 48.7 Å². The Kier molecular flexibility index (Phi) is 10.2. The van der Waals surface area contributed by atoms with Gasteiger partial charge in [-0.05, 0) is 11.1 Å². The van der Waals surface area contributed by atoms with Crippen molar-refractivity contribution in [3.63, 3.8) is 0 Å². The Hall–Kier alpha value is -3.57. The summed E-state index contributed by atoms with van der Waals surface area (Å²) in [6, 6.07) is 13.7. The number of amides is 2. The Balaban J connectivity index is 2.06. The summed E-state index contributed by atoms with van der Waals surface area (Å²) in [7, 11) is 0. The molecule has 0 saturated carbocycles. The number of carbonyl (C=O) groups is 4. The molecule has 2 aromatic rings. The molecule has 0 aliphatic carbocycles. The summed E-state index contributed by atoms with van der Waals surface area (Å²) in [6.07, 6.45) is -1.04. The van der Waals surface area contributed by atoms with Crippen LogP contribution in [0.1, 0.15) is 17.2 Å². The molecule has 0 heterocycles. The second-order valence-corrected chi connectivity index (χ2v) is 7.96. The zero-order chi connectivity index (χ0) is 24.2. The lowest BCUT2D eigenvalue weighted by atomic mass is 10.1. The number of carboxylic acids is 2. The van der Waals surface area contributed by atoms with Gasteiger partial charge < -0.3 is 31.3 Å². The molecule has 0 aromatic heterocycles. The second-order valence-electron chi connectivity index (χ2n) is 6.93. The van der Waals surface area contributed by atoms with Gasteiger partial charge >= 0.3 is 18.0 Å². The van der Waals surface area contributed by atoms with Crippen LogP contribution in [0.2, 0.25) is 0 Å². The van der Waals surface area contributed by atoms with Crippen LogP contribution in [0, 0.1) is 0 Å². The topological polar surface area (TPSA) is 168 Å². The molecule has 0 aliphatic heterocycles. The van der Waals surface area contributed by atoms with Gasteiger partial charge in [-0.25, -0.2) is 9.59 Å². The molecule has 33 heavy (non-hydrogen) atoms. The van der Waals surface area contributed by atoms with Crippen LogP contribution in [-0.4, -0.2) is 58.6 Å². The maximum atomic E-state index is 12.9. The van der Waals surface area contributed by atoms with E-state index in [1.807, 2.05) is 30.3 Å². The zero-order valence-corrected chi connectivity index (χ0v) is 18.4. The van der Waals surface area contributed by atoms with Crippen molar-refractivity contribution in [2.75, 3.05) is 12.4 Å². The summed E-state index contributed by atoms with van der Waals surface area (Å²) in [5, 5.41) is 23.1. The van der Waals surface area contributed by atoms with Crippen LogP contribution < -0.4 is 16.4 Å². The summed E-state index contributed by atoms with van der Waals surface area (Å²) < 4.78 is 4.79. The Labute approximate surface area is 194 Å². The van der Waals surface area contributed by atoms with Crippen molar-refractivity contribution in [2.45, 2.75) is 23.9 Å². The number of benzene rings is 2. The minimum atomic E-state index is -1.41. The molecule has 11 heteroatoms. The van der Waals surface area contributed by atoms with Gasteiger partial charge in [0.25, 0.3) is 0 Å². The summed E-state index contributed by atoms with van der Waals surface area (Å²) >= 11 is 1.35. The molecular formula is C22H25N3O7S. The van der Waals surface area contributed by atoms with Crippen molar-refractivity contribution in [3.8, 4) is 0 Å². The van der Waals surface area contributed by atoms with Crippen molar-refractivity contribution in [2.24, 2.45) is 5.73 Å². The zero-order valence-electron chi connectivity index (χ0n) is 17.5. The van der Waals surface area contributed by atoms with Gasteiger partial charge in [-0.3, -0.25) is 9.59 Å². The predicted molar refractivity (Wildman–Crippen MR) is 121 cm³/mol. The number of alkyl carbamates (subject to hydrolysis) is 1. The van der Waals surface area contributed by atoms with Gasteiger partial charge in [0.05, 0.1) is 0 Å². The molecule has 0 radical (unpaired) electrons. The van der Waals surface area contributed by atoms with Crippen LogP contribution in [-0.2, 0) is 24.9 Å². The number of hydrogen-bond acceptors (Lipinski definition) is 7. The van der Waals surface area contributed by atoms with E-state index in [1.165, 1.54) is 11.8 Å². The number of ether oxygens (including phenoxy) is 1. The molecule has 6 N–H and O–H groups in total. The fourth-order valence-corrected chi connectivity index (χ4v) is 3.66. The Morgan fingerprint density at radius 1 is 0.909 bits per heavy atom. The van der Waals surface area contributed by atoms with Crippen molar-refractivity contribution in [3.05, 3.63) is 71.8 Å². The summed E-state index contributed by atoms with van der Waals surface area (Å²) in [4.78, 5) is 47.5. The maximum Gasteiger partial charge on any atom is 0.407 e. The van der Waals surface area contributed by atoms with Gasteiger partial charge in [0.15, 0.2) is 6.04 Å². The fraction of sp³-hybridized carbons (Fsp3) is 0.273. The summed E-state index contributed by atoms with van der Waals surface area (Å²) in [5.41, 5.74) is 6.68. The van der Waals surface area contributed by atoms with E-state index in [2.05, 4.69) is 10.6 Å². The lowest BCUT2D eigenvalue weighted by Gasteiger charge is -2.21. The van der Waals surface area contributed by atoms with Gasteiger partial charge in [0.2, 0.25) is 5.91 Å². The van der Waals surface area contributed by atoms with Crippen LogP contribution in [0.15, 0.2) is 60.7 Å². The Bertz CT molecular complexity index is 944. The first-order valence-electron chi connectivity index (χ1n) is 9.89. The molecule has 0 saturated heterocycles. The van der Waals surface area contributed by atoms with E-state index in [1.54, 1.807) is 30.3 Å². The molecule has 10 nitrogen and oxygen atoms in total. The monoisotopic (exact) mass is 475 g/mol. The number of aliphatic carboxylic acids is 2. The van der Waals surface area contributed by atoms with E-state index in [9.17, 15) is 24.3 Å². The highest BCUT2D eigenvalue weighted by molar-refractivity contribution is 7.98. The first kappa shape index (κ1) is 25.7. The largest absolute Gasteiger partial charge is 0.480 e. The molecule has 0 spiro atoms. The molecule has 0 aliphatic rings. The molecule has 3 atom stereocenters. The average Bonchev–Trinajstić information content (AvgIpc) is 2.81. The van der Waals surface area contributed by atoms with Crippen molar-refractivity contribution >= 4 is 35.7 Å². The quantitative estimate of drug-likeness (QED) is 0.304. The average molecular weight is 476 g/mol. The van der Waals surface area contributed by atoms with Gasteiger partial charge in [0.1, 0.15) is 18.7 Å². The van der Waals surface area contributed by atoms with Crippen molar-refractivity contribution in [1.82, 2.24) is 10.6 Å². The number of rotatable bonds is 12. The van der Waals surface area contributed by atoms with Gasteiger partial charge in [-0.1, -0.05) is 60.7 Å². The highest BCUT2D eigenvalue weighted by Gasteiger charge is 2.28. The van der Waals surface area contributed by atoms with E-state index in [0.29, 0.717) is 11.3 Å². The smallest absolute Gasteiger partial charge is 0.407 e. The van der Waals surface area contributed by atoms with Gasteiger partial charge in [0, 0.05) is 11.5 Å². The molecule has 2 amide bonds. The predicted octanol–water partition coefficient (Wildman–Crippen LogP) is 1.37. The first-order valence-corrected chi connectivity index (χ1v) is 11.0. The summed E-state index contributed by atoms with van der Waals surface area (Å²) in [5.74, 6) is -2.68. The Morgan fingerprint density at radius 2 is 1.52 bits per heavy atom.